The van der Waals surface area contributed by atoms with E-state index in [0.717, 1.165) is 0 Å². The van der Waals surface area contributed by atoms with Crippen LogP contribution in [-0.2, 0) is 6.42 Å². The zero-order valence-corrected chi connectivity index (χ0v) is 10.0. The molecule has 1 aromatic carbocycles. The van der Waals surface area contributed by atoms with Gasteiger partial charge in [-0.3, -0.25) is 0 Å². The standard InChI is InChI=1S/C15H24.K.H/c1-2-3-4-5-6-7-9-12-15-13-10-8-11-14-15;;/h8,10-11,13-14H,2-7,9,12H2,1H3;;. The fourth-order valence-electron chi connectivity index (χ4n) is 1.93. The van der Waals surface area contributed by atoms with Crippen LogP contribution in [0.1, 0.15) is 57.4 Å². The Bertz CT molecular complexity index is 230. The first-order valence-corrected chi connectivity index (χ1v) is 6.47. The van der Waals surface area contributed by atoms with Crippen LogP contribution >= 0.6 is 0 Å². The van der Waals surface area contributed by atoms with Gasteiger partial charge in [0, 0.05) is 0 Å². The molecule has 16 heavy (non-hydrogen) atoms. The van der Waals surface area contributed by atoms with Crippen molar-refractivity contribution in [2.75, 3.05) is 0 Å². The normalized spacial score (nSPS) is 9.81. The topological polar surface area (TPSA) is 0 Å². The van der Waals surface area contributed by atoms with Crippen LogP contribution < -0.4 is 0 Å². The van der Waals surface area contributed by atoms with Gasteiger partial charge in [-0.05, 0) is 18.4 Å². The Kier molecular flexibility index (Phi) is 13.0. The van der Waals surface area contributed by atoms with Gasteiger partial charge >= 0.3 is 51.4 Å². The number of benzene rings is 1. The molecule has 0 atom stereocenters. The third-order valence-corrected chi connectivity index (χ3v) is 2.91. The van der Waals surface area contributed by atoms with Crippen LogP contribution in [-0.4, -0.2) is 51.4 Å². The number of aryl methyl sites for hydroxylation is 1. The fraction of sp³-hybridized carbons (Fsp3) is 0.600. The van der Waals surface area contributed by atoms with Gasteiger partial charge in [0.2, 0.25) is 0 Å². The van der Waals surface area contributed by atoms with E-state index in [1.54, 1.807) is 0 Å². The van der Waals surface area contributed by atoms with Crippen molar-refractivity contribution >= 4 is 51.4 Å². The van der Waals surface area contributed by atoms with E-state index in [1.165, 1.54) is 56.9 Å². The Hall–Kier alpha value is 0.856. The van der Waals surface area contributed by atoms with Crippen molar-refractivity contribution in [2.24, 2.45) is 0 Å². The molecule has 0 bridgehead atoms. The molecular formula is C15H25K. The average molecular weight is 244 g/mol. The first-order valence-electron chi connectivity index (χ1n) is 6.47. The third kappa shape index (κ3) is 8.95. The summed E-state index contributed by atoms with van der Waals surface area (Å²) in [4.78, 5) is 0. The summed E-state index contributed by atoms with van der Waals surface area (Å²) in [5.41, 5.74) is 1.49. The van der Waals surface area contributed by atoms with E-state index in [4.69, 9.17) is 0 Å². The number of unbranched alkanes of at least 4 members (excludes halogenated alkanes) is 6. The Morgan fingerprint density at radius 1 is 0.750 bits per heavy atom. The molecule has 0 aliphatic heterocycles. The third-order valence-electron chi connectivity index (χ3n) is 2.91. The first-order chi connectivity index (χ1) is 7.43. The summed E-state index contributed by atoms with van der Waals surface area (Å²) in [6.45, 7) is 2.27. The van der Waals surface area contributed by atoms with Gasteiger partial charge in [-0.15, -0.1) is 0 Å². The molecular weight excluding hydrogens is 219 g/mol. The maximum atomic E-state index is 2.27. The van der Waals surface area contributed by atoms with Crippen molar-refractivity contribution in [3.63, 3.8) is 0 Å². The zero-order valence-electron chi connectivity index (χ0n) is 10.0. The maximum absolute atomic E-state index is 2.27. The summed E-state index contributed by atoms with van der Waals surface area (Å²) >= 11 is 0. The summed E-state index contributed by atoms with van der Waals surface area (Å²) in [6, 6.07) is 10.8. The van der Waals surface area contributed by atoms with Gasteiger partial charge in [-0.25, -0.2) is 0 Å². The van der Waals surface area contributed by atoms with Gasteiger partial charge in [0.15, 0.2) is 0 Å². The van der Waals surface area contributed by atoms with Gasteiger partial charge in [0.1, 0.15) is 0 Å². The van der Waals surface area contributed by atoms with Crippen molar-refractivity contribution in [3.05, 3.63) is 35.9 Å². The summed E-state index contributed by atoms with van der Waals surface area (Å²) in [5, 5.41) is 0. The molecule has 0 spiro atoms. The molecule has 1 rings (SSSR count). The van der Waals surface area contributed by atoms with Crippen molar-refractivity contribution in [2.45, 2.75) is 58.3 Å². The quantitative estimate of drug-likeness (QED) is 0.471. The Morgan fingerprint density at radius 3 is 1.94 bits per heavy atom. The van der Waals surface area contributed by atoms with Gasteiger partial charge in [0.25, 0.3) is 0 Å². The van der Waals surface area contributed by atoms with E-state index in [-0.39, 0.29) is 51.4 Å². The molecule has 86 valence electrons. The van der Waals surface area contributed by atoms with Crippen molar-refractivity contribution < 1.29 is 0 Å². The number of hydrogen-bond acceptors (Lipinski definition) is 0. The molecule has 0 heterocycles. The first kappa shape index (κ1) is 16.9. The molecule has 0 N–H and O–H groups in total. The van der Waals surface area contributed by atoms with Gasteiger partial charge < -0.3 is 0 Å². The average Bonchev–Trinajstić information content (AvgIpc) is 2.29. The van der Waals surface area contributed by atoms with Gasteiger partial charge in [0.05, 0.1) is 0 Å². The van der Waals surface area contributed by atoms with Crippen LogP contribution in [0.2, 0.25) is 0 Å². The fourth-order valence-corrected chi connectivity index (χ4v) is 1.93. The van der Waals surface area contributed by atoms with Crippen LogP contribution in [0, 0.1) is 0 Å². The predicted molar refractivity (Wildman–Crippen MR) is 75.3 cm³/mol. The van der Waals surface area contributed by atoms with E-state index in [2.05, 4.69) is 37.3 Å². The molecule has 0 aromatic heterocycles. The van der Waals surface area contributed by atoms with E-state index in [0.29, 0.717) is 0 Å². The van der Waals surface area contributed by atoms with E-state index in [1.807, 2.05) is 0 Å². The molecule has 0 aliphatic carbocycles. The van der Waals surface area contributed by atoms with Gasteiger partial charge in [-0.1, -0.05) is 75.8 Å². The molecule has 0 amide bonds. The van der Waals surface area contributed by atoms with E-state index < -0.39 is 0 Å². The monoisotopic (exact) mass is 244 g/mol. The van der Waals surface area contributed by atoms with E-state index >= 15 is 0 Å². The van der Waals surface area contributed by atoms with Crippen molar-refractivity contribution in [1.29, 1.82) is 0 Å². The zero-order chi connectivity index (χ0) is 10.8. The summed E-state index contributed by atoms with van der Waals surface area (Å²) < 4.78 is 0. The Balaban J connectivity index is 0.00000225. The molecule has 0 fully saturated rings. The summed E-state index contributed by atoms with van der Waals surface area (Å²) in [5.74, 6) is 0. The molecule has 0 nitrogen and oxygen atoms in total. The predicted octanol–water partition coefficient (Wildman–Crippen LogP) is 4.33. The second-order valence-electron chi connectivity index (χ2n) is 4.36. The van der Waals surface area contributed by atoms with Crippen LogP contribution in [0.25, 0.3) is 0 Å². The minimum atomic E-state index is 0. The van der Waals surface area contributed by atoms with Gasteiger partial charge in [-0.2, -0.15) is 0 Å². The minimum absolute atomic E-state index is 0. The van der Waals surface area contributed by atoms with Crippen LogP contribution in [0.4, 0.5) is 0 Å². The van der Waals surface area contributed by atoms with Crippen LogP contribution in [0.15, 0.2) is 30.3 Å². The molecule has 1 heteroatoms. The number of hydrogen-bond donors (Lipinski definition) is 0. The SMILES string of the molecule is CCCCCCCCCc1ccccc1.[KH]. The van der Waals surface area contributed by atoms with Crippen LogP contribution in [0.5, 0.6) is 0 Å². The number of rotatable bonds is 8. The second kappa shape index (κ2) is 12.3. The second-order valence-corrected chi connectivity index (χ2v) is 4.36. The summed E-state index contributed by atoms with van der Waals surface area (Å²) in [6.07, 6.45) is 11.1. The molecule has 0 saturated heterocycles. The Morgan fingerprint density at radius 2 is 1.31 bits per heavy atom. The van der Waals surface area contributed by atoms with Crippen molar-refractivity contribution in [1.82, 2.24) is 0 Å². The molecule has 0 saturated carbocycles. The Labute approximate surface area is 144 Å². The molecule has 0 aliphatic rings. The van der Waals surface area contributed by atoms with Crippen LogP contribution in [0.3, 0.4) is 0 Å². The molecule has 0 unspecified atom stereocenters. The molecule has 0 radical (unpaired) electrons. The molecule has 1 aromatic rings. The van der Waals surface area contributed by atoms with Crippen molar-refractivity contribution in [3.8, 4) is 0 Å². The summed E-state index contributed by atoms with van der Waals surface area (Å²) in [7, 11) is 0. The van der Waals surface area contributed by atoms with E-state index in [9.17, 15) is 0 Å².